The van der Waals surface area contributed by atoms with E-state index in [2.05, 4.69) is 10.1 Å². The number of rotatable bonds is 6. The van der Waals surface area contributed by atoms with Crippen LogP contribution in [-0.4, -0.2) is 54.3 Å². The van der Waals surface area contributed by atoms with Gasteiger partial charge in [0.05, 0.1) is 23.2 Å². The summed E-state index contributed by atoms with van der Waals surface area (Å²) in [6, 6.07) is 10.0. The second kappa shape index (κ2) is 8.78. The maximum atomic E-state index is 12.6. The van der Waals surface area contributed by atoms with E-state index in [1.165, 1.54) is 16.8 Å². The number of sulfonamides is 1. The molecule has 1 aliphatic heterocycles. The van der Waals surface area contributed by atoms with E-state index in [-0.39, 0.29) is 11.3 Å². The molecular weight excluding hydrogens is 444 g/mol. The molecule has 172 valence electrons. The highest BCUT2D eigenvalue weighted by molar-refractivity contribution is 7.92. The number of fused-ring (bicyclic) bond motifs is 1. The molecule has 0 spiro atoms. The normalized spacial score (nSPS) is 13.5. The first-order valence-electron chi connectivity index (χ1n) is 10.4. The van der Waals surface area contributed by atoms with Gasteiger partial charge in [0.25, 0.3) is 0 Å². The fourth-order valence-electron chi connectivity index (χ4n) is 3.87. The molecular formula is C23H24N4O5S. The number of ether oxygens (including phenoxy) is 1. The van der Waals surface area contributed by atoms with Crippen LogP contribution in [0.3, 0.4) is 0 Å². The molecule has 0 aliphatic carbocycles. The van der Waals surface area contributed by atoms with Gasteiger partial charge in [0.15, 0.2) is 18.2 Å². The van der Waals surface area contributed by atoms with Gasteiger partial charge in [-0.1, -0.05) is 0 Å². The minimum Gasteiger partial charge on any atom is -0.454 e. The molecule has 33 heavy (non-hydrogen) atoms. The number of carbonyl (C=O) groups is 2. The summed E-state index contributed by atoms with van der Waals surface area (Å²) in [4.78, 5) is 29.2. The Hall–Kier alpha value is -3.53. The van der Waals surface area contributed by atoms with Crippen molar-refractivity contribution in [2.45, 2.75) is 26.7 Å². The number of anilines is 1. The van der Waals surface area contributed by atoms with Crippen LogP contribution in [0.2, 0.25) is 0 Å². The first-order valence-corrected chi connectivity index (χ1v) is 12.3. The lowest BCUT2D eigenvalue weighted by Gasteiger charge is -2.29. The fourth-order valence-corrected chi connectivity index (χ4v) is 4.87. The minimum atomic E-state index is -3.38. The Morgan fingerprint density at radius 3 is 2.48 bits per heavy atom. The van der Waals surface area contributed by atoms with Crippen molar-refractivity contribution < 1.29 is 22.7 Å². The summed E-state index contributed by atoms with van der Waals surface area (Å²) < 4.78 is 32.2. The largest absolute Gasteiger partial charge is 0.454 e. The summed E-state index contributed by atoms with van der Waals surface area (Å²) in [6.07, 6.45) is 3.90. The molecule has 0 saturated carbocycles. The zero-order chi connectivity index (χ0) is 23.8. The summed E-state index contributed by atoms with van der Waals surface area (Å²) in [7, 11) is -3.38. The molecule has 0 bridgehead atoms. The van der Waals surface area contributed by atoms with E-state index in [1.807, 2.05) is 19.9 Å². The van der Waals surface area contributed by atoms with E-state index in [1.54, 1.807) is 35.0 Å². The lowest BCUT2D eigenvalue weighted by Crippen LogP contribution is -2.34. The Bertz CT molecular complexity index is 1330. The smallest absolute Gasteiger partial charge is 0.340 e. The van der Waals surface area contributed by atoms with Crippen LogP contribution >= 0.6 is 0 Å². The third-order valence-electron chi connectivity index (χ3n) is 5.42. The molecule has 10 heteroatoms. The SMILES string of the molecule is Cc1cc(C)n(-c2ccc(C(=O)OCC(=O)c3ccc4c(c3)CCCN4S(C)(=O)=O)cn2)n1. The number of benzene rings is 1. The van der Waals surface area contributed by atoms with Crippen LogP contribution in [0.25, 0.3) is 5.82 Å². The third kappa shape index (κ3) is 4.80. The maximum Gasteiger partial charge on any atom is 0.340 e. The number of aryl methyl sites for hydroxylation is 3. The second-order valence-corrected chi connectivity index (χ2v) is 9.93. The molecule has 0 N–H and O–H groups in total. The van der Waals surface area contributed by atoms with Gasteiger partial charge in [-0.3, -0.25) is 9.10 Å². The van der Waals surface area contributed by atoms with Gasteiger partial charge >= 0.3 is 5.97 Å². The number of esters is 1. The van der Waals surface area contributed by atoms with Crippen molar-refractivity contribution >= 4 is 27.5 Å². The molecule has 0 atom stereocenters. The number of aromatic nitrogens is 3. The van der Waals surface area contributed by atoms with Gasteiger partial charge in [-0.25, -0.2) is 22.9 Å². The molecule has 0 unspecified atom stereocenters. The Kier molecular flexibility index (Phi) is 6.03. The average Bonchev–Trinajstić information content (AvgIpc) is 3.13. The Labute approximate surface area is 192 Å². The van der Waals surface area contributed by atoms with Crippen LogP contribution in [-0.2, 0) is 21.2 Å². The van der Waals surface area contributed by atoms with Crippen LogP contribution in [0.4, 0.5) is 5.69 Å². The second-order valence-electron chi connectivity index (χ2n) is 8.03. The number of carbonyl (C=O) groups excluding carboxylic acids is 2. The van der Waals surface area contributed by atoms with Crippen molar-refractivity contribution in [3.8, 4) is 5.82 Å². The van der Waals surface area contributed by atoms with E-state index >= 15 is 0 Å². The lowest BCUT2D eigenvalue weighted by molar-refractivity contribution is 0.0474. The van der Waals surface area contributed by atoms with Crippen molar-refractivity contribution in [2.24, 2.45) is 0 Å². The summed E-state index contributed by atoms with van der Waals surface area (Å²) in [5.41, 5.74) is 3.75. The van der Waals surface area contributed by atoms with Gasteiger partial charge in [-0.05, 0) is 68.7 Å². The highest BCUT2D eigenvalue weighted by Gasteiger charge is 2.25. The number of pyridine rings is 1. The first kappa shape index (κ1) is 22.7. The van der Waals surface area contributed by atoms with Gasteiger partial charge in [-0.15, -0.1) is 0 Å². The minimum absolute atomic E-state index is 0.224. The molecule has 9 nitrogen and oxygen atoms in total. The molecule has 1 aromatic carbocycles. The first-order chi connectivity index (χ1) is 15.6. The number of ketones is 1. The zero-order valence-corrected chi connectivity index (χ0v) is 19.4. The van der Waals surface area contributed by atoms with Gasteiger partial charge in [0, 0.05) is 24.0 Å². The Morgan fingerprint density at radius 1 is 1.09 bits per heavy atom. The Morgan fingerprint density at radius 2 is 1.85 bits per heavy atom. The van der Waals surface area contributed by atoms with E-state index < -0.39 is 22.6 Å². The molecule has 0 amide bonds. The monoisotopic (exact) mass is 468 g/mol. The number of hydrogen-bond donors (Lipinski definition) is 0. The third-order valence-corrected chi connectivity index (χ3v) is 6.60. The van der Waals surface area contributed by atoms with Crippen LogP contribution in [0, 0.1) is 13.8 Å². The van der Waals surface area contributed by atoms with E-state index in [4.69, 9.17) is 4.74 Å². The molecule has 4 rings (SSSR count). The lowest BCUT2D eigenvalue weighted by atomic mass is 9.99. The van der Waals surface area contributed by atoms with E-state index in [9.17, 15) is 18.0 Å². The highest BCUT2D eigenvalue weighted by atomic mass is 32.2. The predicted molar refractivity (Wildman–Crippen MR) is 122 cm³/mol. The molecule has 2 aromatic heterocycles. The van der Waals surface area contributed by atoms with E-state index in [0.29, 0.717) is 36.5 Å². The quantitative estimate of drug-likeness (QED) is 0.404. The van der Waals surface area contributed by atoms with Gasteiger partial charge in [0.1, 0.15) is 0 Å². The Balaban J connectivity index is 1.42. The van der Waals surface area contributed by atoms with Crippen molar-refractivity contribution in [3.63, 3.8) is 0 Å². The molecule has 0 saturated heterocycles. The molecule has 0 fully saturated rings. The van der Waals surface area contributed by atoms with Gasteiger partial charge < -0.3 is 4.74 Å². The summed E-state index contributed by atoms with van der Waals surface area (Å²) >= 11 is 0. The van der Waals surface area contributed by atoms with Gasteiger partial charge in [-0.2, -0.15) is 5.10 Å². The van der Waals surface area contributed by atoms with Crippen molar-refractivity contribution in [1.82, 2.24) is 14.8 Å². The molecule has 1 aliphatic rings. The van der Waals surface area contributed by atoms with Crippen LogP contribution < -0.4 is 4.31 Å². The standard InChI is InChI=1S/C23H24N4O5S/c1-15-11-16(2)27(25-15)22-9-7-19(13-24-22)23(29)32-14-21(28)18-6-8-20-17(12-18)5-4-10-26(20)33(3,30)31/h6-9,11-13H,4-5,10,14H2,1-3H3. The summed E-state index contributed by atoms with van der Waals surface area (Å²) in [5.74, 6) is -0.447. The number of nitrogens with zero attached hydrogens (tertiary/aromatic N) is 4. The predicted octanol–water partition coefficient (Wildman–Crippen LogP) is 2.64. The van der Waals surface area contributed by atoms with Crippen LogP contribution in [0.5, 0.6) is 0 Å². The van der Waals surface area contributed by atoms with Crippen molar-refractivity contribution in [3.05, 3.63) is 70.7 Å². The zero-order valence-electron chi connectivity index (χ0n) is 18.6. The highest BCUT2D eigenvalue weighted by Crippen LogP contribution is 2.30. The maximum absolute atomic E-state index is 12.6. The number of Topliss-reactive ketones (excluding diaryl/α,β-unsaturated/α-hetero) is 1. The number of hydrogen-bond acceptors (Lipinski definition) is 7. The van der Waals surface area contributed by atoms with Crippen LogP contribution in [0.1, 0.15) is 44.1 Å². The summed E-state index contributed by atoms with van der Waals surface area (Å²) in [5, 5.41) is 4.35. The fraction of sp³-hybridized carbons (Fsp3) is 0.304. The van der Waals surface area contributed by atoms with Gasteiger partial charge in [0.2, 0.25) is 10.0 Å². The van der Waals surface area contributed by atoms with Crippen molar-refractivity contribution in [2.75, 3.05) is 23.7 Å². The van der Waals surface area contributed by atoms with Crippen molar-refractivity contribution in [1.29, 1.82) is 0 Å². The summed E-state index contributed by atoms with van der Waals surface area (Å²) in [6.45, 7) is 3.79. The average molecular weight is 469 g/mol. The van der Waals surface area contributed by atoms with Crippen LogP contribution in [0.15, 0.2) is 42.6 Å². The molecule has 0 radical (unpaired) electrons. The molecule has 3 aromatic rings. The molecule has 3 heterocycles. The van der Waals surface area contributed by atoms with E-state index in [0.717, 1.165) is 17.0 Å². The topological polar surface area (TPSA) is 111 Å².